The van der Waals surface area contributed by atoms with Crippen molar-refractivity contribution in [1.82, 2.24) is 4.98 Å². The SMILES string of the molecule is CCCc1nc(N2CCC(C)CC2)sc1CC#N. The number of nitrogens with zero attached hydrogens (tertiary/aromatic N) is 3. The molecule has 4 heteroatoms. The second kappa shape index (κ2) is 6.19. The first-order chi connectivity index (χ1) is 8.74. The lowest BCUT2D eigenvalue weighted by molar-refractivity contribution is 0.438. The van der Waals surface area contributed by atoms with Gasteiger partial charge in [0.15, 0.2) is 5.13 Å². The van der Waals surface area contributed by atoms with E-state index in [-0.39, 0.29) is 0 Å². The van der Waals surface area contributed by atoms with Gasteiger partial charge in [-0.2, -0.15) is 5.26 Å². The monoisotopic (exact) mass is 263 g/mol. The van der Waals surface area contributed by atoms with Gasteiger partial charge in [0.25, 0.3) is 0 Å². The van der Waals surface area contributed by atoms with E-state index in [0.717, 1.165) is 42.7 Å². The second-order valence-electron chi connectivity index (χ2n) is 5.12. The van der Waals surface area contributed by atoms with Gasteiger partial charge in [-0.05, 0) is 25.2 Å². The number of rotatable bonds is 4. The molecule has 2 heterocycles. The van der Waals surface area contributed by atoms with E-state index in [1.165, 1.54) is 17.7 Å². The van der Waals surface area contributed by atoms with Crippen molar-refractivity contribution >= 4 is 16.5 Å². The number of aryl methyl sites for hydroxylation is 1. The van der Waals surface area contributed by atoms with Crippen LogP contribution in [0.5, 0.6) is 0 Å². The van der Waals surface area contributed by atoms with Crippen LogP contribution in [0.1, 0.15) is 43.7 Å². The van der Waals surface area contributed by atoms with E-state index in [4.69, 9.17) is 10.2 Å². The molecule has 0 N–H and O–H groups in total. The molecule has 1 aliphatic heterocycles. The molecule has 1 aromatic rings. The lowest BCUT2D eigenvalue weighted by Crippen LogP contribution is -2.32. The molecule has 0 bridgehead atoms. The van der Waals surface area contributed by atoms with E-state index >= 15 is 0 Å². The average molecular weight is 263 g/mol. The van der Waals surface area contributed by atoms with Gasteiger partial charge >= 0.3 is 0 Å². The minimum Gasteiger partial charge on any atom is -0.348 e. The highest BCUT2D eigenvalue weighted by molar-refractivity contribution is 7.15. The molecular formula is C14H21N3S. The van der Waals surface area contributed by atoms with Crippen LogP contribution in [0.25, 0.3) is 0 Å². The Kier molecular flexibility index (Phi) is 4.60. The van der Waals surface area contributed by atoms with Crippen molar-refractivity contribution in [2.24, 2.45) is 5.92 Å². The molecule has 0 unspecified atom stereocenters. The molecule has 1 aliphatic rings. The van der Waals surface area contributed by atoms with Gasteiger partial charge in [0.05, 0.1) is 18.2 Å². The van der Waals surface area contributed by atoms with E-state index in [1.54, 1.807) is 11.3 Å². The van der Waals surface area contributed by atoms with Crippen LogP contribution in [0, 0.1) is 17.2 Å². The van der Waals surface area contributed by atoms with Gasteiger partial charge < -0.3 is 4.90 Å². The van der Waals surface area contributed by atoms with Gasteiger partial charge in [-0.1, -0.05) is 20.3 Å². The summed E-state index contributed by atoms with van der Waals surface area (Å²) in [6, 6.07) is 2.26. The zero-order valence-corrected chi connectivity index (χ0v) is 12.1. The molecule has 1 saturated heterocycles. The molecule has 3 nitrogen and oxygen atoms in total. The third kappa shape index (κ3) is 3.02. The Labute approximate surface area is 113 Å². The Balaban J connectivity index is 2.13. The normalized spacial score (nSPS) is 16.8. The number of anilines is 1. The minimum absolute atomic E-state index is 0.511. The standard InChI is InChI=1S/C14H21N3S/c1-3-4-12-13(5-8-15)18-14(16-12)17-9-6-11(2)7-10-17/h11H,3-7,9-10H2,1-2H3. The first kappa shape index (κ1) is 13.4. The third-order valence-corrected chi connectivity index (χ3v) is 4.71. The maximum Gasteiger partial charge on any atom is 0.185 e. The van der Waals surface area contributed by atoms with Crippen molar-refractivity contribution in [3.63, 3.8) is 0 Å². The van der Waals surface area contributed by atoms with Crippen LogP contribution < -0.4 is 4.90 Å². The van der Waals surface area contributed by atoms with E-state index < -0.39 is 0 Å². The van der Waals surface area contributed by atoms with Crippen molar-refractivity contribution in [3.8, 4) is 6.07 Å². The molecule has 2 rings (SSSR count). The average Bonchev–Trinajstić information content (AvgIpc) is 2.75. The van der Waals surface area contributed by atoms with Gasteiger partial charge in [0, 0.05) is 18.0 Å². The second-order valence-corrected chi connectivity index (χ2v) is 6.18. The van der Waals surface area contributed by atoms with Crippen LogP contribution in [0.2, 0.25) is 0 Å². The summed E-state index contributed by atoms with van der Waals surface area (Å²) in [5, 5.41) is 10.0. The van der Waals surface area contributed by atoms with Crippen molar-refractivity contribution < 1.29 is 0 Å². The molecular weight excluding hydrogens is 242 g/mol. The van der Waals surface area contributed by atoms with E-state index in [9.17, 15) is 0 Å². The van der Waals surface area contributed by atoms with Gasteiger partial charge in [-0.25, -0.2) is 4.98 Å². The quantitative estimate of drug-likeness (QED) is 0.836. The maximum absolute atomic E-state index is 8.88. The highest BCUT2D eigenvalue weighted by atomic mass is 32.1. The molecule has 1 fully saturated rings. The molecule has 0 atom stereocenters. The van der Waals surface area contributed by atoms with Crippen LogP contribution in [0.4, 0.5) is 5.13 Å². The van der Waals surface area contributed by atoms with Crippen molar-refractivity contribution in [3.05, 3.63) is 10.6 Å². The molecule has 0 amide bonds. The summed E-state index contributed by atoms with van der Waals surface area (Å²) in [5.41, 5.74) is 1.15. The predicted molar refractivity (Wildman–Crippen MR) is 76.0 cm³/mol. The molecule has 0 spiro atoms. The molecule has 18 heavy (non-hydrogen) atoms. The number of hydrogen-bond acceptors (Lipinski definition) is 4. The molecule has 0 saturated carbocycles. The summed E-state index contributed by atoms with van der Waals surface area (Å²) >= 11 is 1.72. The topological polar surface area (TPSA) is 39.9 Å². The molecule has 98 valence electrons. The van der Waals surface area contributed by atoms with Crippen molar-refractivity contribution in [2.45, 2.75) is 46.0 Å². The molecule has 0 radical (unpaired) electrons. The van der Waals surface area contributed by atoms with E-state index in [1.807, 2.05) is 0 Å². The fourth-order valence-electron chi connectivity index (χ4n) is 2.35. The van der Waals surface area contributed by atoms with E-state index in [2.05, 4.69) is 24.8 Å². The fourth-order valence-corrected chi connectivity index (χ4v) is 3.44. The Morgan fingerprint density at radius 3 is 2.78 bits per heavy atom. The zero-order valence-electron chi connectivity index (χ0n) is 11.3. The van der Waals surface area contributed by atoms with Crippen LogP contribution >= 0.6 is 11.3 Å². The lowest BCUT2D eigenvalue weighted by Gasteiger charge is -2.29. The zero-order chi connectivity index (χ0) is 13.0. The Bertz CT molecular complexity index is 425. The van der Waals surface area contributed by atoms with E-state index in [0.29, 0.717) is 6.42 Å². The van der Waals surface area contributed by atoms with Gasteiger partial charge in [-0.15, -0.1) is 11.3 Å². The summed E-state index contributed by atoms with van der Waals surface area (Å²) < 4.78 is 0. The number of hydrogen-bond donors (Lipinski definition) is 0. The summed E-state index contributed by atoms with van der Waals surface area (Å²) in [4.78, 5) is 8.33. The van der Waals surface area contributed by atoms with Crippen LogP contribution in [-0.4, -0.2) is 18.1 Å². The van der Waals surface area contributed by atoms with Crippen LogP contribution in [-0.2, 0) is 12.8 Å². The summed E-state index contributed by atoms with van der Waals surface area (Å²) in [6.07, 6.45) is 5.13. The number of piperidine rings is 1. The molecule has 0 aliphatic carbocycles. The first-order valence-corrected chi connectivity index (χ1v) is 7.66. The number of thiazole rings is 1. The summed E-state index contributed by atoms with van der Waals surface area (Å²) in [7, 11) is 0. The highest BCUT2D eigenvalue weighted by Gasteiger charge is 2.20. The number of nitriles is 1. The largest absolute Gasteiger partial charge is 0.348 e. The van der Waals surface area contributed by atoms with Gasteiger partial charge in [0.2, 0.25) is 0 Å². The Morgan fingerprint density at radius 1 is 1.44 bits per heavy atom. The lowest BCUT2D eigenvalue weighted by atomic mass is 10.00. The summed E-state index contributed by atoms with van der Waals surface area (Å²) in [5.74, 6) is 0.843. The first-order valence-electron chi connectivity index (χ1n) is 6.85. The molecule has 0 aromatic carbocycles. The van der Waals surface area contributed by atoms with Crippen LogP contribution in [0.3, 0.4) is 0 Å². The Morgan fingerprint density at radius 2 is 2.17 bits per heavy atom. The highest BCUT2D eigenvalue weighted by Crippen LogP contribution is 2.30. The third-order valence-electron chi connectivity index (χ3n) is 3.55. The van der Waals surface area contributed by atoms with Crippen molar-refractivity contribution in [1.29, 1.82) is 5.26 Å². The van der Waals surface area contributed by atoms with Gasteiger partial charge in [-0.3, -0.25) is 0 Å². The van der Waals surface area contributed by atoms with Crippen LogP contribution in [0.15, 0.2) is 0 Å². The smallest absolute Gasteiger partial charge is 0.185 e. The summed E-state index contributed by atoms with van der Waals surface area (Å²) in [6.45, 7) is 6.72. The number of aromatic nitrogens is 1. The molecule has 1 aromatic heterocycles. The fraction of sp³-hybridized carbons (Fsp3) is 0.714. The Hall–Kier alpha value is -1.08. The van der Waals surface area contributed by atoms with Crippen molar-refractivity contribution in [2.75, 3.05) is 18.0 Å². The predicted octanol–water partition coefficient (Wildman–Crippen LogP) is 3.40. The van der Waals surface area contributed by atoms with Gasteiger partial charge in [0.1, 0.15) is 0 Å². The minimum atomic E-state index is 0.511. The maximum atomic E-state index is 8.88.